The molecule has 0 aliphatic heterocycles. The number of carbonyl (C=O) groups excluding carboxylic acids is 1. The maximum atomic E-state index is 13.7. The number of benzene rings is 1. The average molecular weight is 276 g/mol. The molecule has 0 aromatic heterocycles. The zero-order valence-electron chi connectivity index (χ0n) is 12.0. The van der Waals surface area contributed by atoms with E-state index in [2.05, 4.69) is 24.3 Å². The van der Waals surface area contributed by atoms with Gasteiger partial charge in [0.1, 0.15) is 5.82 Å². The highest BCUT2D eigenvalue weighted by molar-refractivity contribution is 5.80. The fourth-order valence-corrected chi connectivity index (χ4v) is 3.27. The van der Waals surface area contributed by atoms with E-state index in [1.807, 2.05) is 6.07 Å². The summed E-state index contributed by atoms with van der Waals surface area (Å²) >= 11 is 0. The molecule has 1 atom stereocenters. The number of rotatable bonds is 3. The topological polar surface area (TPSA) is 32.3 Å². The first kappa shape index (κ1) is 13.6. The van der Waals surface area contributed by atoms with Crippen LogP contribution in [0.15, 0.2) is 18.2 Å². The van der Waals surface area contributed by atoms with Crippen LogP contribution in [0.3, 0.4) is 0 Å². The van der Waals surface area contributed by atoms with Crippen molar-refractivity contribution < 1.29 is 9.18 Å². The molecule has 3 rings (SSSR count). The van der Waals surface area contributed by atoms with E-state index in [0.29, 0.717) is 6.04 Å². The molecule has 0 radical (unpaired) electrons. The first-order valence-corrected chi connectivity index (χ1v) is 7.30. The minimum absolute atomic E-state index is 0.00777. The number of nitrogens with one attached hydrogen (secondary N) is 1. The van der Waals surface area contributed by atoms with Crippen molar-refractivity contribution in [1.29, 1.82) is 0 Å². The highest BCUT2D eigenvalue weighted by Crippen LogP contribution is 2.35. The Labute approximate surface area is 119 Å². The van der Waals surface area contributed by atoms with Crippen molar-refractivity contribution in [3.63, 3.8) is 0 Å². The maximum absolute atomic E-state index is 13.7. The molecule has 0 bridgehead atoms. The fraction of sp³-hybridized carbons (Fsp3) is 0.562. The van der Waals surface area contributed by atoms with Crippen LogP contribution in [0, 0.1) is 11.7 Å². The summed E-state index contributed by atoms with van der Waals surface area (Å²) in [6.45, 7) is 0. The molecular weight excluding hydrogens is 255 g/mol. The lowest BCUT2D eigenvalue weighted by atomic mass is 9.79. The van der Waals surface area contributed by atoms with Gasteiger partial charge in [-0.15, -0.1) is 0 Å². The van der Waals surface area contributed by atoms with Crippen LogP contribution in [0.2, 0.25) is 0 Å². The SMILES string of the molecule is CN(C)C1CC(C(=O)NC2CCc3c(F)cccc32)C1. The Morgan fingerprint density at radius 3 is 2.80 bits per heavy atom. The van der Waals surface area contributed by atoms with Crippen LogP contribution in [-0.4, -0.2) is 30.9 Å². The molecule has 4 heteroatoms. The van der Waals surface area contributed by atoms with Gasteiger partial charge in [-0.05, 0) is 57.0 Å². The van der Waals surface area contributed by atoms with Gasteiger partial charge in [0.2, 0.25) is 5.91 Å². The molecule has 1 unspecified atom stereocenters. The molecule has 1 N–H and O–H groups in total. The van der Waals surface area contributed by atoms with E-state index in [4.69, 9.17) is 0 Å². The summed E-state index contributed by atoms with van der Waals surface area (Å²) in [6, 6.07) is 5.67. The van der Waals surface area contributed by atoms with Gasteiger partial charge in [-0.25, -0.2) is 4.39 Å². The number of hydrogen-bond acceptors (Lipinski definition) is 2. The van der Waals surface area contributed by atoms with Gasteiger partial charge in [0, 0.05) is 12.0 Å². The summed E-state index contributed by atoms with van der Waals surface area (Å²) in [5.74, 6) is 0.112. The largest absolute Gasteiger partial charge is 0.349 e. The van der Waals surface area contributed by atoms with Gasteiger partial charge in [0.15, 0.2) is 0 Å². The van der Waals surface area contributed by atoms with Gasteiger partial charge in [-0.2, -0.15) is 0 Å². The van der Waals surface area contributed by atoms with E-state index in [1.165, 1.54) is 6.07 Å². The molecule has 3 nitrogen and oxygen atoms in total. The molecule has 0 spiro atoms. The van der Waals surface area contributed by atoms with Gasteiger partial charge in [-0.3, -0.25) is 4.79 Å². The summed E-state index contributed by atoms with van der Waals surface area (Å²) in [6.07, 6.45) is 3.40. The number of halogens is 1. The molecule has 1 saturated carbocycles. The third-order valence-electron chi connectivity index (χ3n) is 4.74. The summed E-state index contributed by atoms with van der Waals surface area (Å²) in [7, 11) is 4.10. The minimum atomic E-state index is -0.143. The molecule has 2 aliphatic carbocycles. The first-order chi connectivity index (χ1) is 9.56. The van der Waals surface area contributed by atoms with Gasteiger partial charge >= 0.3 is 0 Å². The second kappa shape index (κ2) is 5.17. The number of carbonyl (C=O) groups is 1. The minimum Gasteiger partial charge on any atom is -0.349 e. The predicted octanol–water partition coefficient (Wildman–Crippen LogP) is 2.27. The van der Waals surface area contributed by atoms with Gasteiger partial charge in [-0.1, -0.05) is 12.1 Å². The van der Waals surface area contributed by atoms with E-state index < -0.39 is 0 Å². The van der Waals surface area contributed by atoms with Gasteiger partial charge < -0.3 is 10.2 Å². The van der Waals surface area contributed by atoms with Crippen LogP contribution in [0.1, 0.15) is 36.4 Å². The van der Waals surface area contributed by atoms with Crippen LogP contribution < -0.4 is 5.32 Å². The molecule has 20 heavy (non-hydrogen) atoms. The molecule has 0 heterocycles. The molecule has 2 aliphatic rings. The number of nitrogens with zero attached hydrogens (tertiary/aromatic N) is 1. The van der Waals surface area contributed by atoms with Crippen molar-refractivity contribution in [2.24, 2.45) is 5.92 Å². The van der Waals surface area contributed by atoms with E-state index in [9.17, 15) is 9.18 Å². The van der Waals surface area contributed by atoms with Crippen molar-refractivity contribution in [2.75, 3.05) is 14.1 Å². The third-order valence-corrected chi connectivity index (χ3v) is 4.74. The third kappa shape index (κ3) is 2.33. The van der Waals surface area contributed by atoms with Crippen LogP contribution >= 0.6 is 0 Å². The maximum Gasteiger partial charge on any atom is 0.223 e. The molecule has 1 aromatic carbocycles. The summed E-state index contributed by atoms with van der Waals surface area (Å²) in [5.41, 5.74) is 1.74. The predicted molar refractivity (Wildman–Crippen MR) is 75.8 cm³/mol. The smallest absolute Gasteiger partial charge is 0.223 e. The Hall–Kier alpha value is -1.42. The monoisotopic (exact) mass is 276 g/mol. The highest BCUT2D eigenvalue weighted by atomic mass is 19.1. The normalized spacial score (nSPS) is 28.1. The Bertz CT molecular complexity index is 523. The number of fused-ring (bicyclic) bond motifs is 1. The van der Waals surface area contributed by atoms with Crippen molar-refractivity contribution in [3.8, 4) is 0 Å². The summed E-state index contributed by atoms with van der Waals surface area (Å²) in [4.78, 5) is 14.4. The second-order valence-electron chi connectivity index (χ2n) is 6.19. The lowest BCUT2D eigenvalue weighted by Gasteiger charge is -2.39. The molecule has 108 valence electrons. The Morgan fingerprint density at radius 1 is 1.35 bits per heavy atom. The molecular formula is C16H21FN2O. The van der Waals surface area contributed by atoms with Crippen LogP contribution in [0.25, 0.3) is 0 Å². The van der Waals surface area contributed by atoms with Crippen molar-refractivity contribution in [2.45, 2.75) is 37.8 Å². The quantitative estimate of drug-likeness (QED) is 0.918. The van der Waals surface area contributed by atoms with E-state index in [1.54, 1.807) is 6.07 Å². The van der Waals surface area contributed by atoms with Crippen molar-refractivity contribution >= 4 is 5.91 Å². The Kier molecular flexibility index (Phi) is 3.50. The zero-order valence-corrected chi connectivity index (χ0v) is 12.0. The van der Waals surface area contributed by atoms with E-state index in [0.717, 1.165) is 36.8 Å². The molecule has 1 aromatic rings. The zero-order chi connectivity index (χ0) is 14.3. The highest BCUT2D eigenvalue weighted by Gasteiger charge is 2.37. The number of amides is 1. The van der Waals surface area contributed by atoms with Gasteiger partial charge in [0.25, 0.3) is 0 Å². The van der Waals surface area contributed by atoms with E-state index in [-0.39, 0.29) is 23.7 Å². The van der Waals surface area contributed by atoms with Crippen LogP contribution in [-0.2, 0) is 11.2 Å². The first-order valence-electron chi connectivity index (χ1n) is 7.30. The van der Waals surface area contributed by atoms with Crippen LogP contribution in [0.5, 0.6) is 0 Å². The average Bonchev–Trinajstić information content (AvgIpc) is 2.71. The Morgan fingerprint density at radius 2 is 2.10 bits per heavy atom. The lowest BCUT2D eigenvalue weighted by molar-refractivity contribution is -0.130. The summed E-state index contributed by atoms with van der Waals surface area (Å²) < 4.78 is 13.7. The standard InChI is InChI=1S/C16H21FN2O/c1-19(2)11-8-10(9-11)16(20)18-15-7-6-12-13(15)4-3-5-14(12)17/h3-5,10-11,15H,6-9H2,1-2H3,(H,18,20). The molecule has 1 amide bonds. The lowest BCUT2D eigenvalue weighted by Crippen LogP contribution is -2.47. The second-order valence-corrected chi connectivity index (χ2v) is 6.19. The Balaban J connectivity index is 1.61. The molecule has 0 saturated heterocycles. The van der Waals surface area contributed by atoms with Crippen molar-refractivity contribution in [3.05, 3.63) is 35.1 Å². The molecule has 1 fully saturated rings. The fourth-order valence-electron chi connectivity index (χ4n) is 3.27. The van der Waals surface area contributed by atoms with Crippen molar-refractivity contribution in [1.82, 2.24) is 10.2 Å². The summed E-state index contributed by atoms with van der Waals surface area (Å²) in [5, 5.41) is 3.10. The van der Waals surface area contributed by atoms with Gasteiger partial charge in [0.05, 0.1) is 6.04 Å². The number of hydrogen-bond donors (Lipinski definition) is 1. The van der Waals surface area contributed by atoms with Crippen LogP contribution in [0.4, 0.5) is 4.39 Å². The van der Waals surface area contributed by atoms with E-state index >= 15 is 0 Å².